The van der Waals surface area contributed by atoms with E-state index in [1.54, 1.807) is 44.2 Å². The molecule has 0 N–H and O–H groups in total. The second-order valence-corrected chi connectivity index (χ2v) is 11.7. The predicted molar refractivity (Wildman–Crippen MR) is 172 cm³/mol. The van der Waals surface area contributed by atoms with Gasteiger partial charge in [-0.1, -0.05) is 43.3 Å². The SMILES string of the molecule is CCC(C)(CC(C)(C)C(=O)OCCCCOc1ccc(C=CC(=O)Oc2ccc(-c3ccc(C#N)cc3)cc2)cc1)C(=O)OC. The van der Waals surface area contributed by atoms with Crippen molar-refractivity contribution in [2.45, 2.75) is 53.4 Å². The van der Waals surface area contributed by atoms with Crippen LogP contribution in [0.2, 0.25) is 0 Å². The lowest BCUT2D eigenvalue weighted by Crippen LogP contribution is -2.38. The Hall–Kier alpha value is -4.90. The molecule has 0 saturated carbocycles. The van der Waals surface area contributed by atoms with Crippen LogP contribution in [-0.4, -0.2) is 38.2 Å². The number of ether oxygens (including phenoxy) is 4. The van der Waals surface area contributed by atoms with Crippen molar-refractivity contribution >= 4 is 24.0 Å². The van der Waals surface area contributed by atoms with Gasteiger partial charge < -0.3 is 18.9 Å². The summed E-state index contributed by atoms with van der Waals surface area (Å²) in [5.41, 5.74) is 1.77. The van der Waals surface area contributed by atoms with Crippen LogP contribution in [0.5, 0.6) is 11.5 Å². The molecule has 0 bridgehead atoms. The van der Waals surface area contributed by atoms with E-state index in [0.29, 0.717) is 49.4 Å². The maximum absolute atomic E-state index is 12.7. The summed E-state index contributed by atoms with van der Waals surface area (Å²) in [6.07, 6.45) is 5.28. The van der Waals surface area contributed by atoms with Gasteiger partial charge in [0.15, 0.2) is 0 Å². The Kier molecular flexibility index (Phi) is 12.5. The van der Waals surface area contributed by atoms with Gasteiger partial charge in [0.25, 0.3) is 0 Å². The van der Waals surface area contributed by atoms with Gasteiger partial charge >= 0.3 is 17.9 Å². The van der Waals surface area contributed by atoms with E-state index in [1.165, 1.54) is 13.2 Å². The Balaban J connectivity index is 1.36. The molecule has 8 nitrogen and oxygen atoms in total. The molecular formula is C37H41NO7. The summed E-state index contributed by atoms with van der Waals surface area (Å²) in [4.78, 5) is 37.2. The van der Waals surface area contributed by atoms with Crippen LogP contribution in [0, 0.1) is 22.2 Å². The summed E-state index contributed by atoms with van der Waals surface area (Å²) in [6.45, 7) is 8.02. The number of methoxy groups -OCH3 is 1. The largest absolute Gasteiger partial charge is 0.494 e. The molecule has 0 saturated heterocycles. The standard InChI is InChI=1S/C37H41NO7/c1-6-37(4,35(41)42-5)26-36(2,3)34(40)44-24-8-7-23-43-31-18-11-27(12-19-31)13-22-33(39)45-32-20-16-30(17-21-32)29-14-9-28(25-38)10-15-29/h9-22H,6-8,23-24,26H2,1-5H3. The van der Waals surface area contributed by atoms with E-state index >= 15 is 0 Å². The molecule has 236 valence electrons. The van der Waals surface area contributed by atoms with Crippen LogP contribution in [0.4, 0.5) is 0 Å². The minimum Gasteiger partial charge on any atom is -0.494 e. The highest BCUT2D eigenvalue weighted by Crippen LogP contribution is 2.38. The summed E-state index contributed by atoms with van der Waals surface area (Å²) >= 11 is 0. The van der Waals surface area contributed by atoms with Gasteiger partial charge in [-0.15, -0.1) is 0 Å². The number of hydrogen-bond acceptors (Lipinski definition) is 8. The summed E-state index contributed by atoms with van der Waals surface area (Å²) < 4.78 is 21.6. The van der Waals surface area contributed by atoms with Gasteiger partial charge in [-0.25, -0.2) is 4.79 Å². The molecule has 0 amide bonds. The van der Waals surface area contributed by atoms with E-state index in [-0.39, 0.29) is 18.5 Å². The van der Waals surface area contributed by atoms with Crippen LogP contribution in [0.1, 0.15) is 64.5 Å². The van der Waals surface area contributed by atoms with Crippen molar-refractivity contribution in [2.75, 3.05) is 20.3 Å². The first kappa shape index (κ1) is 34.6. The predicted octanol–water partition coefficient (Wildman–Crippen LogP) is 7.55. The Labute approximate surface area is 265 Å². The fraction of sp³-hybridized carbons (Fsp3) is 0.351. The smallest absolute Gasteiger partial charge is 0.336 e. The minimum atomic E-state index is -0.817. The second kappa shape index (κ2) is 16.2. The van der Waals surface area contributed by atoms with Crippen LogP contribution < -0.4 is 9.47 Å². The fourth-order valence-corrected chi connectivity index (χ4v) is 4.83. The van der Waals surface area contributed by atoms with E-state index in [2.05, 4.69) is 6.07 Å². The molecule has 1 unspecified atom stereocenters. The zero-order chi connectivity index (χ0) is 32.9. The molecule has 0 aliphatic heterocycles. The van der Waals surface area contributed by atoms with Crippen LogP contribution in [0.3, 0.4) is 0 Å². The summed E-state index contributed by atoms with van der Waals surface area (Å²) in [6, 6.07) is 23.9. The number of benzene rings is 3. The fourth-order valence-electron chi connectivity index (χ4n) is 4.83. The zero-order valence-corrected chi connectivity index (χ0v) is 26.6. The quantitative estimate of drug-likeness (QED) is 0.0749. The number of carbonyl (C=O) groups excluding carboxylic acids is 3. The Bertz CT molecular complexity index is 1500. The first-order valence-electron chi connectivity index (χ1n) is 15.0. The first-order valence-corrected chi connectivity index (χ1v) is 15.0. The number of nitrogens with zero attached hydrogens (tertiary/aromatic N) is 1. The molecule has 0 spiro atoms. The minimum absolute atomic E-state index is 0.272. The maximum Gasteiger partial charge on any atom is 0.336 e. The molecule has 0 aromatic heterocycles. The van der Waals surface area contributed by atoms with Gasteiger partial charge in [0.2, 0.25) is 0 Å². The number of nitriles is 1. The van der Waals surface area contributed by atoms with Gasteiger partial charge in [0.05, 0.1) is 42.8 Å². The Morgan fingerprint density at radius 2 is 1.38 bits per heavy atom. The van der Waals surface area contributed by atoms with Crippen molar-refractivity contribution in [2.24, 2.45) is 10.8 Å². The average molecular weight is 612 g/mol. The van der Waals surface area contributed by atoms with E-state index in [1.807, 2.05) is 62.4 Å². The lowest BCUT2D eigenvalue weighted by molar-refractivity contribution is -0.161. The topological polar surface area (TPSA) is 112 Å². The molecule has 0 fully saturated rings. The second-order valence-electron chi connectivity index (χ2n) is 11.7. The van der Waals surface area contributed by atoms with E-state index in [0.717, 1.165) is 16.7 Å². The van der Waals surface area contributed by atoms with E-state index in [4.69, 9.17) is 24.2 Å². The number of rotatable bonds is 15. The van der Waals surface area contributed by atoms with Crippen LogP contribution in [0.15, 0.2) is 78.9 Å². The highest BCUT2D eigenvalue weighted by Gasteiger charge is 2.42. The maximum atomic E-state index is 12.7. The highest BCUT2D eigenvalue weighted by molar-refractivity contribution is 5.88. The van der Waals surface area contributed by atoms with Gasteiger partial charge in [0, 0.05) is 6.08 Å². The van der Waals surface area contributed by atoms with Crippen molar-refractivity contribution in [3.63, 3.8) is 0 Å². The summed E-state index contributed by atoms with van der Waals surface area (Å²) in [5, 5.41) is 8.94. The van der Waals surface area contributed by atoms with Crippen molar-refractivity contribution in [1.29, 1.82) is 5.26 Å². The number of hydrogen-bond donors (Lipinski definition) is 0. The summed E-state index contributed by atoms with van der Waals surface area (Å²) in [5.74, 6) is -0.0286. The van der Waals surface area contributed by atoms with E-state index in [9.17, 15) is 14.4 Å². The third-order valence-corrected chi connectivity index (χ3v) is 7.60. The van der Waals surface area contributed by atoms with Crippen LogP contribution in [0.25, 0.3) is 17.2 Å². The molecule has 1 atom stereocenters. The molecule has 0 aliphatic carbocycles. The van der Waals surface area contributed by atoms with Gasteiger partial charge in [-0.3, -0.25) is 9.59 Å². The molecule has 3 aromatic rings. The van der Waals surface area contributed by atoms with Crippen molar-refractivity contribution in [3.8, 4) is 28.7 Å². The summed E-state index contributed by atoms with van der Waals surface area (Å²) in [7, 11) is 1.36. The molecular weight excluding hydrogens is 570 g/mol. The van der Waals surface area contributed by atoms with Crippen molar-refractivity contribution in [3.05, 3.63) is 90.0 Å². The molecule has 3 rings (SSSR count). The number of esters is 3. The van der Waals surface area contributed by atoms with Crippen LogP contribution in [-0.2, 0) is 23.9 Å². The molecule has 3 aromatic carbocycles. The molecule has 45 heavy (non-hydrogen) atoms. The lowest BCUT2D eigenvalue weighted by atomic mass is 9.72. The van der Waals surface area contributed by atoms with Gasteiger partial charge in [-0.05, 0) is 106 Å². The number of carbonyl (C=O) groups is 3. The normalized spacial score (nSPS) is 12.5. The zero-order valence-electron chi connectivity index (χ0n) is 26.6. The lowest BCUT2D eigenvalue weighted by Gasteiger charge is -2.33. The highest BCUT2D eigenvalue weighted by atomic mass is 16.5. The third kappa shape index (κ3) is 10.4. The molecule has 0 aliphatic rings. The van der Waals surface area contributed by atoms with Gasteiger partial charge in [-0.2, -0.15) is 5.26 Å². The average Bonchev–Trinajstić information content (AvgIpc) is 3.05. The van der Waals surface area contributed by atoms with Gasteiger partial charge in [0.1, 0.15) is 11.5 Å². The first-order chi connectivity index (χ1) is 21.5. The number of unbranched alkanes of at least 4 members (excludes halogenated alkanes) is 1. The molecule has 0 heterocycles. The monoisotopic (exact) mass is 611 g/mol. The third-order valence-electron chi connectivity index (χ3n) is 7.60. The van der Waals surface area contributed by atoms with Crippen molar-refractivity contribution < 1.29 is 33.3 Å². The molecule has 0 radical (unpaired) electrons. The Morgan fingerprint density at radius 1 is 0.800 bits per heavy atom. The van der Waals surface area contributed by atoms with E-state index < -0.39 is 16.8 Å². The van der Waals surface area contributed by atoms with Crippen LogP contribution >= 0.6 is 0 Å². The van der Waals surface area contributed by atoms with Crippen molar-refractivity contribution in [1.82, 2.24) is 0 Å². The Morgan fingerprint density at radius 3 is 1.96 bits per heavy atom. The molecule has 8 heteroatoms.